The molecule has 0 aliphatic carbocycles. The Morgan fingerprint density at radius 1 is 0.414 bits per heavy atom. The normalized spacial score (nSPS) is 11.7. The van der Waals surface area contributed by atoms with Gasteiger partial charge in [-0.05, 0) is 65.1 Å². The third-order valence-electron chi connectivity index (χ3n) is 14.3. The van der Waals surface area contributed by atoms with Crippen LogP contribution in [0.15, 0.2) is 88.5 Å². The number of unbranched alkanes of at least 4 members (excludes halogenated alkanes) is 30. The quantitative estimate of drug-likeness (QED) is 0.0222. The van der Waals surface area contributed by atoms with Gasteiger partial charge < -0.3 is 18.6 Å². The molecule has 5 aromatic rings. The first-order chi connectivity index (χ1) is 34.7. The lowest BCUT2D eigenvalue weighted by molar-refractivity contribution is 0.233. The molecular formula is C65H97NO4. The number of nitrogens with zero attached hydrogens (tertiary/aromatic N) is 1. The lowest BCUT2D eigenvalue weighted by Crippen LogP contribution is -2.08. The van der Waals surface area contributed by atoms with Crippen molar-refractivity contribution in [2.75, 3.05) is 19.8 Å². The van der Waals surface area contributed by atoms with Crippen LogP contribution in [-0.4, -0.2) is 26.0 Å². The van der Waals surface area contributed by atoms with E-state index in [9.17, 15) is 0 Å². The van der Waals surface area contributed by atoms with Gasteiger partial charge in [0, 0.05) is 22.9 Å². The summed E-state index contributed by atoms with van der Waals surface area (Å²) in [6.07, 6.45) is 47.0. The van der Waals surface area contributed by atoms with E-state index in [1.165, 1.54) is 214 Å². The first-order valence-corrected chi connectivity index (χ1v) is 29.3. The Labute approximate surface area is 427 Å². The summed E-state index contributed by atoms with van der Waals surface area (Å²) in [4.78, 5) is 5.02. The maximum atomic E-state index is 6.81. The molecule has 70 heavy (non-hydrogen) atoms. The Morgan fingerprint density at radius 2 is 0.814 bits per heavy atom. The maximum absolute atomic E-state index is 6.81. The molecule has 0 saturated heterocycles. The number of hydrogen-bond donors (Lipinski definition) is 0. The third kappa shape index (κ3) is 21.6. The molecule has 5 rings (SSSR count). The molecule has 1 heterocycles. The minimum atomic E-state index is 0.471. The molecule has 0 fully saturated rings. The molecule has 0 N–H and O–H groups in total. The SMILES string of the molecule is CCCCCCCCCCCCCOc1ccc(CN=Cc2coc(-c3c4ccccc4cc4ccccc34)c2)c(OCCCCCCCCCCCCC)c1OCCCCCCCCCCCCC. The number of hydrogen-bond acceptors (Lipinski definition) is 5. The number of ether oxygens (including phenoxy) is 3. The molecule has 1 aromatic heterocycles. The molecule has 5 heteroatoms. The minimum Gasteiger partial charge on any atom is -0.490 e. The van der Waals surface area contributed by atoms with Crippen LogP contribution in [0.2, 0.25) is 0 Å². The van der Waals surface area contributed by atoms with Crippen LogP contribution in [0.25, 0.3) is 32.9 Å². The fourth-order valence-corrected chi connectivity index (χ4v) is 10.0. The van der Waals surface area contributed by atoms with Crippen LogP contribution in [0.1, 0.15) is 244 Å². The molecule has 0 aliphatic rings. The summed E-state index contributed by atoms with van der Waals surface area (Å²) in [6.45, 7) is 9.37. The molecule has 0 amide bonds. The Kier molecular flexibility index (Phi) is 29.7. The maximum Gasteiger partial charge on any atom is 0.203 e. The topological polar surface area (TPSA) is 53.2 Å². The molecule has 0 saturated carbocycles. The van der Waals surface area contributed by atoms with Gasteiger partial charge in [0.2, 0.25) is 5.75 Å². The van der Waals surface area contributed by atoms with Gasteiger partial charge in [-0.3, -0.25) is 4.99 Å². The van der Waals surface area contributed by atoms with Gasteiger partial charge in [-0.15, -0.1) is 0 Å². The van der Waals surface area contributed by atoms with Crippen LogP contribution in [0, 0.1) is 0 Å². The highest BCUT2D eigenvalue weighted by molar-refractivity contribution is 6.12. The molecule has 0 spiro atoms. The number of aliphatic imine (C=N–C) groups is 1. The average Bonchev–Trinajstić information content (AvgIpc) is 3.85. The van der Waals surface area contributed by atoms with Gasteiger partial charge >= 0.3 is 0 Å². The van der Waals surface area contributed by atoms with Gasteiger partial charge in [0.15, 0.2) is 11.5 Å². The highest BCUT2D eigenvalue weighted by atomic mass is 16.5. The number of rotatable bonds is 43. The summed E-state index contributed by atoms with van der Waals surface area (Å²) < 4.78 is 26.5. The Hall–Kier alpha value is -4.25. The summed E-state index contributed by atoms with van der Waals surface area (Å²) in [5, 5.41) is 4.78. The van der Waals surface area contributed by atoms with Crippen LogP contribution in [-0.2, 0) is 6.54 Å². The molecule has 0 bridgehead atoms. The van der Waals surface area contributed by atoms with Gasteiger partial charge in [0.05, 0.1) is 32.6 Å². The van der Waals surface area contributed by atoms with E-state index in [4.69, 9.17) is 23.6 Å². The lowest BCUT2D eigenvalue weighted by Gasteiger charge is -2.20. The van der Waals surface area contributed by atoms with Gasteiger partial charge in [0.25, 0.3) is 0 Å². The second-order valence-corrected chi connectivity index (χ2v) is 20.4. The zero-order chi connectivity index (χ0) is 48.9. The van der Waals surface area contributed by atoms with Crippen molar-refractivity contribution >= 4 is 27.8 Å². The van der Waals surface area contributed by atoms with Crippen LogP contribution in [0.3, 0.4) is 0 Å². The predicted octanol–water partition coefficient (Wildman–Crippen LogP) is 20.9. The van der Waals surface area contributed by atoms with Crippen LogP contribution in [0.5, 0.6) is 17.2 Å². The Morgan fingerprint density at radius 3 is 1.27 bits per heavy atom. The minimum absolute atomic E-state index is 0.471. The van der Waals surface area contributed by atoms with Crippen molar-refractivity contribution in [1.29, 1.82) is 0 Å². The van der Waals surface area contributed by atoms with Gasteiger partial charge in [-0.1, -0.05) is 262 Å². The van der Waals surface area contributed by atoms with Crippen LogP contribution >= 0.6 is 0 Å². The first-order valence-electron chi connectivity index (χ1n) is 29.3. The molecule has 0 aliphatic heterocycles. The van der Waals surface area contributed by atoms with E-state index in [0.717, 1.165) is 59.0 Å². The van der Waals surface area contributed by atoms with Crippen molar-refractivity contribution in [1.82, 2.24) is 0 Å². The molecule has 5 nitrogen and oxygen atoms in total. The van der Waals surface area contributed by atoms with Crippen molar-refractivity contribution in [3.8, 4) is 28.6 Å². The van der Waals surface area contributed by atoms with Crippen molar-refractivity contribution in [3.05, 3.63) is 90.2 Å². The third-order valence-corrected chi connectivity index (χ3v) is 14.3. The molecule has 0 atom stereocenters. The largest absolute Gasteiger partial charge is 0.490 e. The fourth-order valence-electron chi connectivity index (χ4n) is 10.0. The van der Waals surface area contributed by atoms with E-state index in [2.05, 4.69) is 93.6 Å². The summed E-state index contributed by atoms with van der Waals surface area (Å²) >= 11 is 0. The van der Waals surface area contributed by atoms with Crippen molar-refractivity contribution in [3.63, 3.8) is 0 Å². The van der Waals surface area contributed by atoms with Crippen molar-refractivity contribution < 1.29 is 18.6 Å². The molecule has 386 valence electrons. The zero-order valence-corrected chi connectivity index (χ0v) is 44.8. The van der Waals surface area contributed by atoms with E-state index in [0.29, 0.717) is 26.4 Å². The van der Waals surface area contributed by atoms with E-state index >= 15 is 0 Å². The van der Waals surface area contributed by atoms with Gasteiger partial charge in [-0.25, -0.2) is 0 Å². The average molecular weight is 956 g/mol. The van der Waals surface area contributed by atoms with Crippen molar-refractivity contribution in [2.45, 2.75) is 239 Å². The Balaban J connectivity index is 1.25. The summed E-state index contributed by atoms with van der Waals surface area (Å²) in [7, 11) is 0. The van der Waals surface area contributed by atoms with Crippen LogP contribution < -0.4 is 14.2 Å². The monoisotopic (exact) mass is 956 g/mol. The summed E-state index contributed by atoms with van der Waals surface area (Å²) in [6, 6.07) is 25.8. The second kappa shape index (κ2) is 36.6. The summed E-state index contributed by atoms with van der Waals surface area (Å²) in [5.41, 5.74) is 3.09. The van der Waals surface area contributed by atoms with Gasteiger partial charge in [0.1, 0.15) is 5.76 Å². The predicted molar refractivity (Wildman–Crippen MR) is 303 cm³/mol. The van der Waals surface area contributed by atoms with Gasteiger partial charge in [-0.2, -0.15) is 0 Å². The number of furan rings is 1. The standard InChI is InChI=1S/C65H97NO4/c1-4-7-10-13-16-19-22-25-28-31-38-47-67-61-46-45-58(53-66-52-55-50-62(70-54-55)63-59-43-36-34-41-56(59)51-57-42-35-37-44-60(57)63)64(68-48-39-32-29-26-23-20-17-14-11-8-5-2)65(61)69-49-40-33-30-27-24-21-18-15-12-9-6-3/h34-37,41-46,50-52,54H,4-33,38-40,47-49,53H2,1-3H3. The van der Waals surface area contributed by atoms with E-state index < -0.39 is 0 Å². The lowest BCUT2D eigenvalue weighted by atomic mass is 9.95. The van der Waals surface area contributed by atoms with Crippen molar-refractivity contribution in [2.24, 2.45) is 4.99 Å². The molecular weight excluding hydrogens is 859 g/mol. The number of benzene rings is 4. The van der Waals surface area contributed by atoms with E-state index in [1.54, 1.807) is 0 Å². The number of fused-ring (bicyclic) bond motifs is 2. The summed E-state index contributed by atoms with van der Waals surface area (Å²) in [5.74, 6) is 3.22. The molecule has 4 aromatic carbocycles. The highest BCUT2D eigenvalue weighted by Crippen LogP contribution is 2.42. The van der Waals surface area contributed by atoms with Crippen LogP contribution in [0.4, 0.5) is 0 Å². The van der Waals surface area contributed by atoms with E-state index in [1.807, 2.05) is 12.5 Å². The molecule has 0 unspecified atom stereocenters. The smallest absolute Gasteiger partial charge is 0.203 e. The highest BCUT2D eigenvalue weighted by Gasteiger charge is 2.19. The van der Waals surface area contributed by atoms with E-state index in [-0.39, 0.29) is 0 Å². The first kappa shape index (κ1) is 56.7. The fraction of sp³-hybridized carbons (Fsp3) is 0.615. The second-order valence-electron chi connectivity index (χ2n) is 20.4. The Bertz CT molecular complexity index is 2060. The zero-order valence-electron chi connectivity index (χ0n) is 44.8. The molecule has 0 radical (unpaired) electrons.